The summed E-state index contributed by atoms with van der Waals surface area (Å²) in [5.74, 6) is -0.143. The Labute approximate surface area is 142 Å². The number of hydrogen-bond donors (Lipinski definition) is 0. The molecule has 1 aliphatic rings. The fourth-order valence-electron chi connectivity index (χ4n) is 3.28. The van der Waals surface area contributed by atoms with Crippen LogP contribution in [-0.4, -0.2) is 26.9 Å². The van der Waals surface area contributed by atoms with Crippen molar-refractivity contribution in [1.29, 1.82) is 0 Å². The van der Waals surface area contributed by atoms with Gasteiger partial charge in [0.1, 0.15) is 11.9 Å². The third kappa shape index (κ3) is 3.07. The molecule has 0 saturated carbocycles. The number of carbonyl (C=O) groups excluding carboxylic acids is 1. The van der Waals surface area contributed by atoms with Crippen molar-refractivity contribution in [3.8, 4) is 0 Å². The van der Waals surface area contributed by atoms with E-state index in [0.717, 1.165) is 24.1 Å². The first-order chi connectivity index (χ1) is 11.4. The van der Waals surface area contributed by atoms with Gasteiger partial charge in [-0.3, -0.25) is 4.79 Å². The van der Waals surface area contributed by atoms with Crippen LogP contribution in [0.5, 0.6) is 0 Å². The Balaban J connectivity index is 1.92. The average Bonchev–Trinajstić information content (AvgIpc) is 2.96. The Kier molecular flexibility index (Phi) is 4.43. The van der Waals surface area contributed by atoms with E-state index in [2.05, 4.69) is 25.8 Å². The second kappa shape index (κ2) is 6.38. The van der Waals surface area contributed by atoms with Crippen molar-refractivity contribution < 1.29 is 9.18 Å². The van der Waals surface area contributed by atoms with Crippen LogP contribution in [0, 0.1) is 11.2 Å². The van der Waals surface area contributed by atoms with Gasteiger partial charge in [0, 0.05) is 31.4 Å². The highest BCUT2D eigenvalue weighted by molar-refractivity contribution is 5.82. The van der Waals surface area contributed by atoms with E-state index in [9.17, 15) is 9.18 Å². The number of carbonyl (C=O) groups is 1. The molecule has 0 spiro atoms. The lowest BCUT2D eigenvalue weighted by Crippen LogP contribution is -2.41. The quantitative estimate of drug-likeness (QED) is 0.860. The maximum absolute atomic E-state index is 13.3. The maximum Gasteiger partial charge on any atom is 0.246 e. The molecule has 0 bridgehead atoms. The summed E-state index contributed by atoms with van der Waals surface area (Å²) in [6.07, 6.45) is 5.30. The van der Waals surface area contributed by atoms with Gasteiger partial charge >= 0.3 is 0 Å². The van der Waals surface area contributed by atoms with Crippen LogP contribution in [-0.2, 0) is 17.8 Å². The monoisotopic (exact) mass is 329 g/mol. The van der Waals surface area contributed by atoms with E-state index in [4.69, 9.17) is 0 Å². The van der Waals surface area contributed by atoms with Gasteiger partial charge in [-0.15, -0.1) is 0 Å². The summed E-state index contributed by atoms with van der Waals surface area (Å²) in [5.41, 5.74) is 1.87. The summed E-state index contributed by atoms with van der Waals surface area (Å²) >= 11 is 0. The molecule has 2 aromatic rings. The molecule has 1 aliphatic heterocycles. The van der Waals surface area contributed by atoms with Crippen molar-refractivity contribution in [3.63, 3.8) is 0 Å². The number of fused-ring (bicyclic) bond motifs is 1. The second-order valence-electron chi connectivity index (χ2n) is 7.17. The standard InChI is InChI=1S/C19H24FN3O/c1-4-19(2,3)17-18(24)22(10-9-16-11-21-13-23(16)17)12-14-5-7-15(20)8-6-14/h5-8,11,13,17H,4,9-10,12H2,1-3H3. The first-order valence-corrected chi connectivity index (χ1v) is 8.46. The predicted octanol–water partition coefficient (Wildman–Crippen LogP) is 3.58. The van der Waals surface area contributed by atoms with Crippen molar-refractivity contribution in [2.75, 3.05) is 6.54 Å². The van der Waals surface area contributed by atoms with Crippen LogP contribution in [0.15, 0.2) is 36.8 Å². The maximum atomic E-state index is 13.3. The molecular formula is C19H24FN3O. The summed E-state index contributed by atoms with van der Waals surface area (Å²) < 4.78 is 15.2. The average molecular weight is 329 g/mol. The van der Waals surface area contributed by atoms with Crippen LogP contribution in [0.3, 0.4) is 0 Å². The summed E-state index contributed by atoms with van der Waals surface area (Å²) in [5, 5.41) is 0. The second-order valence-corrected chi connectivity index (χ2v) is 7.17. The van der Waals surface area contributed by atoms with Crippen molar-refractivity contribution in [3.05, 3.63) is 53.9 Å². The van der Waals surface area contributed by atoms with Crippen molar-refractivity contribution in [2.24, 2.45) is 5.41 Å². The number of halogens is 1. The van der Waals surface area contributed by atoms with Crippen LogP contribution >= 0.6 is 0 Å². The number of imidazole rings is 1. The van der Waals surface area contributed by atoms with Gasteiger partial charge in [0.2, 0.25) is 5.91 Å². The first-order valence-electron chi connectivity index (χ1n) is 8.46. The number of amides is 1. The predicted molar refractivity (Wildman–Crippen MR) is 90.9 cm³/mol. The molecule has 1 unspecified atom stereocenters. The van der Waals surface area contributed by atoms with Crippen LogP contribution in [0.4, 0.5) is 4.39 Å². The molecular weight excluding hydrogens is 305 g/mol. The minimum Gasteiger partial charge on any atom is -0.336 e. The van der Waals surface area contributed by atoms with Gasteiger partial charge in [-0.2, -0.15) is 0 Å². The lowest BCUT2D eigenvalue weighted by atomic mass is 9.81. The Hall–Kier alpha value is -2.17. The van der Waals surface area contributed by atoms with E-state index < -0.39 is 0 Å². The minimum atomic E-state index is -0.261. The molecule has 0 aliphatic carbocycles. The highest BCUT2D eigenvalue weighted by Crippen LogP contribution is 2.38. The van der Waals surface area contributed by atoms with Crippen molar-refractivity contribution >= 4 is 5.91 Å². The van der Waals surface area contributed by atoms with Gasteiger partial charge in [0.25, 0.3) is 0 Å². The first kappa shape index (κ1) is 16.7. The number of hydrogen-bond acceptors (Lipinski definition) is 2. The Morgan fingerprint density at radius 1 is 1.29 bits per heavy atom. The SMILES string of the molecule is CCC(C)(C)C1C(=O)N(Cc2ccc(F)cc2)CCc2cncn21. The minimum absolute atomic E-state index is 0.114. The molecule has 5 heteroatoms. The van der Waals surface area contributed by atoms with Gasteiger partial charge in [-0.05, 0) is 29.5 Å². The van der Waals surface area contributed by atoms with E-state index in [1.54, 1.807) is 18.5 Å². The highest BCUT2D eigenvalue weighted by Gasteiger charge is 2.40. The molecule has 3 rings (SSSR count). The molecule has 1 atom stereocenters. The zero-order valence-corrected chi connectivity index (χ0v) is 14.5. The highest BCUT2D eigenvalue weighted by atomic mass is 19.1. The van der Waals surface area contributed by atoms with Gasteiger partial charge < -0.3 is 9.47 Å². The smallest absolute Gasteiger partial charge is 0.246 e. The summed E-state index contributed by atoms with van der Waals surface area (Å²) in [6.45, 7) is 7.52. The van der Waals surface area contributed by atoms with Gasteiger partial charge in [-0.1, -0.05) is 32.9 Å². The molecule has 4 nitrogen and oxygen atoms in total. The normalized spacial score (nSPS) is 18.4. The number of nitrogens with zero attached hydrogens (tertiary/aromatic N) is 3. The van der Waals surface area contributed by atoms with E-state index >= 15 is 0 Å². The van der Waals surface area contributed by atoms with Crippen molar-refractivity contribution in [1.82, 2.24) is 14.5 Å². The van der Waals surface area contributed by atoms with Gasteiger partial charge in [-0.25, -0.2) is 9.37 Å². The molecule has 2 heterocycles. The number of benzene rings is 1. The van der Waals surface area contributed by atoms with E-state index in [1.165, 1.54) is 12.1 Å². The molecule has 0 N–H and O–H groups in total. The van der Waals surface area contributed by atoms with Crippen molar-refractivity contribution in [2.45, 2.75) is 46.2 Å². The third-order valence-electron chi connectivity index (χ3n) is 5.15. The third-order valence-corrected chi connectivity index (χ3v) is 5.15. The van der Waals surface area contributed by atoms with E-state index in [-0.39, 0.29) is 23.2 Å². The zero-order chi connectivity index (χ0) is 17.3. The summed E-state index contributed by atoms with van der Waals surface area (Å²) in [4.78, 5) is 19.4. The number of aromatic nitrogens is 2. The van der Waals surface area contributed by atoms with Crippen LogP contribution in [0.2, 0.25) is 0 Å². The van der Waals surface area contributed by atoms with Crippen LogP contribution in [0.25, 0.3) is 0 Å². The molecule has 1 aromatic heterocycles. The number of rotatable bonds is 4. The Morgan fingerprint density at radius 3 is 2.67 bits per heavy atom. The Bertz CT molecular complexity index is 720. The molecule has 0 saturated heterocycles. The molecule has 1 amide bonds. The van der Waals surface area contributed by atoms with E-state index in [0.29, 0.717) is 13.1 Å². The fraction of sp³-hybridized carbons (Fsp3) is 0.474. The largest absolute Gasteiger partial charge is 0.336 e. The lowest BCUT2D eigenvalue weighted by molar-refractivity contribution is -0.138. The van der Waals surface area contributed by atoms with E-state index in [1.807, 2.05) is 15.7 Å². The Morgan fingerprint density at radius 2 is 2.00 bits per heavy atom. The topological polar surface area (TPSA) is 38.1 Å². The van der Waals surface area contributed by atoms with Gasteiger partial charge in [0.15, 0.2) is 0 Å². The molecule has 1 aromatic carbocycles. The molecule has 24 heavy (non-hydrogen) atoms. The van der Waals surface area contributed by atoms with Crippen LogP contribution in [0.1, 0.15) is 44.5 Å². The van der Waals surface area contributed by atoms with Gasteiger partial charge in [0.05, 0.1) is 6.33 Å². The zero-order valence-electron chi connectivity index (χ0n) is 14.5. The molecule has 0 fully saturated rings. The fourth-order valence-corrected chi connectivity index (χ4v) is 3.28. The molecule has 128 valence electrons. The summed E-state index contributed by atoms with van der Waals surface area (Å²) in [7, 11) is 0. The van der Waals surface area contributed by atoms with Crippen LogP contribution < -0.4 is 0 Å². The lowest BCUT2D eigenvalue weighted by Gasteiger charge is -2.35. The molecule has 0 radical (unpaired) electrons. The summed E-state index contributed by atoms with van der Waals surface area (Å²) in [6, 6.07) is 6.12.